The van der Waals surface area contributed by atoms with Crippen molar-refractivity contribution in [1.29, 1.82) is 0 Å². The van der Waals surface area contributed by atoms with Gasteiger partial charge in [-0.25, -0.2) is 0 Å². The number of aromatic nitrogens is 2. The lowest BCUT2D eigenvalue weighted by Crippen LogP contribution is -2.41. The van der Waals surface area contributed by atoms with E-state index in [2.05, 4.69) is 10.4 Å². The quantitative estimate of drug-likeness (QED) is 0.710. The normalized spacial score (nSPS) is 12.6. The van der Waals surface area contributed by atoms with Gasteiger partial charge in [0, 0.05) is 12.6 Å². The molecule has 0 bridgehead atoms. The number of nitrogens with zero attached hydrogens (tertiary/aromatic N) is 2. The summed E-state index contributed by atoms with van der Waals surface area (Å²) in [7, 11) is 0. The summed E-state index contributed by atoms with van der Waals surface area (Å²) < 4.78 is 7.15. The van der Waals surface area contributed by atoms with Gasteiger partial charge in [-0.1, -0.05) is 20.8 Å². The molecule has 1 rings (SSSR count). The molecule has 0 aliphatic rings. The Hall–Kier alpha value is -1.56. The van der Waals surface area contributed by atoms with Crippen molar-refractivity contribution in [3.05, 3.63) is 12.4 Å². The molecule has 1 unspecified atom stereocenters. The highest BCUT2D eigenvalue weighted by atomic mass is 16.5. The Morgan fingerprint density at radius 2 is 2.32 bits per heavy atom. The lowest BCUT2D eigenvalue weighted by molar-refractivity contribution is -0.139. The predicted molar refractivity (Wildman–Crippen MR) is 72.3 cm³/mol. The molecule has 1 aromatic rings. The minimum Gasteiger partial charge on any atom is -0.490 e. The topological polar surface area (TPSA) is 76.4 Å². The molecule has 0 aliphatic heterocycles. The Labute approximate surface area is 113 Å². The van der Waals surface area contributed by atoms with Crippen LogP contribution < -0.4 is 10.1 Å². The maximum absolute atomic E-state index is 11.1. The second-order valence-corrected chi connectivity index (χ2v) is 4.79. The van der Waals surface area contributed by atoms with Gasteiger partial charge in [0.25, 0.3) is 0 Å². The molecule has 108 valence electrons. The van der Waals surface area contributed by atoms with Crippen molar-refractivity contribution in [2.75, 3.05) is 6.61 Å². The summed E-state index contributed by atoms with van der Waals surface area (Å²) >= 11 is 0. The van der Waals surface area contributed by atoms with Gasteiger partial charge in [-0.3, -0.25) is 9.48 Å². The van der Waals surface area contributed by atoms with Gasteiger partial charge in [0.1, 0.15) is 6.04 Å². The standard InChI is InChI=1S/C13H23N3O3/c1-4-7-19-11-8-14-16(9-11)6-5-12(13(17)18)15-10(2)3/h8-10,12,15H,4-7H2,1-3H3,(H,17,18). The maximum Gasteiger partial charge on any atom is 0.320 e. The third-order valence-corrected chi connectivity index (χ3v) is 2.56. The highest BCUT2D eigenvalue weighted by molar-refractivity contribution is 5.73. The van der Waals surface area contributed by atoms with E-state index in [0.717, 1.165) is 12.2 Å². The van der Waals surface area contributed by atoms with Crippen LogP contribution in [0.15, 0.2) is 12.4 Å². The zero-order valence-electron chi connectivity index (χ0n) is 11.8. The molecule has 1 atom stereocenters. The highest BCUT2D eigenvalue weighted by Gasteiger charge is 2.17. The Morgan fingerprint density at radius 3 is 2.89 bits per heavy atom. The lowest BCUT2D eigenvalue weighted by atomic mass is 10.2. The Morgan fingerprint density at radius 1 is 1.58 bits per heavy atom. The zero-order valence-corrected chi connectivity index (χ0v) is 11.8. The fourth-order valence-corrected chi connectivity index (χ4v) is 1.70. The van der Waals surface area contributed by atoms with Crippen LogP contribution in [0.5, 0.6) is 5.75 Å². The van der Waals surface area contributed by atoms with Crippen molar-refractivity contribution in [3.8, 4) is 5.75 Å². The van der Waals surface area contributed by atoms with Crippen LogP contribution in [0.4, 0.5) is 0 Å². The molecule has 0 aromatic carbocycles. The van der Waals surface area contributed by atoms with E-state index < -0.39 is 12.0 Å². The monoisotopic (exact) mass is 269 g/mol. The number of rotatable bonds is 9. The van der Waals surface area contributed by atoms with E-state index in [9.17, 15) is 4.79 Å². The molecule has 0 fully saturated rings. The third kappa shape index (κ3) is 5.74. The van der Waals surface area contributed by atoms with E-state index in [4.69, 9.17) is 9.84 Å². The summed E-state index contributed by atoms with van der Waals surface area (Å²) in [5.41, 5.74) is 0. The van der Waals surface area contributed by atoms with Crippen LogP contribution >= 0.6 is 0 Å². The van der Waals surface area contributed by atoms with Crippen molar-refractivity contribution in [2.24, 2.45) is 0 Å². The van der Waals surface area contributed by atoms with Crippen molar-refractivity contribution in [3.63, 3.8) is 0 Å². The molecule has 0 amide bonds. The first kappa shape index (κ1) is 15.5. The van der Waals surface area contributed by atoms with E-state index >= 15 is 0 Å². The molecule has 0 saturated carbocycles. The molecule has 2 N–H and O–H groups in total. The summed E-state index contributed by atoms with van der Waals surface area (Å²) in [6.45, 7) is 7.12. The first-order valence-electron chi connectivity index (χ1n) is 6.67. The van der Waals surface area contributed by atoms with Crippen LogP contribution in [0.2, 0.25) is 0 Å². The van der Waals surface area contributed by atoms with Gasteiger partial charge in [-0.05, 0) is 12.8 Å². The Bertz CT molecular complexity index is 390. The van der Waals surface area contributed by atoms with Gasteiger partial charge in [0.05, 0.1) is 19.0 Å². The Kier molecular flexibility index (Phi) is 6.35. The molecule has 1 heterocycles. The largest absolute Gasteiger partial charge is 0.490 e. The van der Waals surface area contributed by atoms with Crippen LogP contribution in [0.3, 0.4) is 0 Å². The fraction of sp³-hybridized carbons (Fsp3) is 0.692. The number of carboxylic acids is 1. The molecule has 0 radical (unpaired) electrons. The van der Waals surface area contributed by atoms with Gasteiger partial charge in [-0.15, -0.1) is 0 Å². The number of hydrogen-bond donors (Lipinski definition) is 2. The van der Waals surface area contributed by atoms with Gasteiger partial charge < -0.3 is 15.2 Å². The number of aliphatic carboxylic acids is 1. The predicted octanol–water partition coefficient (Wildman–Crippen LogP) is 1.51. The third-order valence-electron chi connectivity index (χ3n) is 2.56. The van der Waals surface area contributed by atoms with Gasteiger partial charge in [0.15, 0.2) is 5.75 Å². The molecule has 19 heavy (non-hydrogen) atoms. The van der Waals surface area contributed by atoms with Crippen LogP contribution in [0.25, 0.3) is 0 Å². The SMILES string of the molecule is CCCOc1cnn(CCC(NC(C)C)C(=O)O)c1. The average Bonchev–Trinajstić information content (AvgIpc) is 2.79. The molecule has 6 heteroatoms. The van der Waals surface area contributed by atoms with Crippen LogP contribution in [0.1, 0.15) is 33.6 Å². The number of hydrogen-bond acceptors (Lipinski definition) is 4. The van der Waals surface area contributed by atoms with Gasteiger partial charge in [-0.2, -0.15) is 5.10 Å². The van der Waals surface area contributed by atoms with Crippen LogP contribution in [-0.4, -0.2) is 39.5 Å². The number of ether oxygens (including phenoxy) is 1. The van der Waals surface area contributed by atoms with Crippen molar-refractivity contribution in [1.82, 2.24) is 15.1 Å². The first-order chi connectivity index (χ1) is 9.02. The smallest absolute Gasteiger partial charge is 0.320 e. The molecule has 0 aliphatic carbocycles. The summed E-state index contributed by atoms with van der Waals surface area (Å²) in [6.07, 6.45) is 4.89. The minimum atomic E-state index is -0.830. The summed E-state index contributed by atoms with van der Waals surface area (Å²) in [5, 5.41) is 16.3. The maximum atomic E-state index is 11.1. The molecule has 6 nitrogen and oxygen atoms in total. The second-order valence-electron chi connectivity index (χ2n) is 4.79. The van der Waals surface area contributed by atoms with E-state index in [1.54, 1.807) is 17.1 Å². The molecule has 0 spiro atoms. The number of carbonyl (C=O) groups is 1. The van der Waals surface area contributed by atoms with Crippen LogP contribution in [-0.2, 0) is 11.3 Å². The van der Waals surface area contributed by atoms with Gasteiger partial charge in [0.2, 0.25) is 0 Å². The minimum absolute atomic E-state index is 0.141. The summed E-state index contributed by atoms with van der Waals surface area (Å²) in [6, 6.07) is -0.411. The van der Waals surface area contributed by atoms with Crippen molar-refractivity contribution in [2.45, 2.75) is 52.2 Å². The van der Waals surface area contributed by atoms with Crippen LogP contribution in [0, 0.1) is 0 Å². The second kappa shape index (κ2) is 7.78. The number of nitrogens with one attached hydrogen (secondary N) is 1. The molecular formula is C13H23N3O3. The van der Waals surface area contributed by atoms with E-state index in [-0.39, 0.29) is 6.04 Å². The summed E-state index contributed by atoms with van der Waals surface area (Å²) in [4.78, 5) is 11.1. The van der Waals surface area contributed by atoms with Crippen molar-refractivity contribution < 1.29 is 14.6 Å². The highest BCUT2D eigenvalue weighted by Crippen LogP contribution is 2.09. The molecular weight excluding hydrogens is 246 g/mol. The molecule has 1 aromatic heterocycles. The zero-order chi connectivity index (χ0) is 14.3. The first-order valence-corrected chi connectivity index (χ1v) is 6.67. The van der Waals surface area contributed by atoms with E-state index in [1.165, 1.54) is 0 Å². The summed E-state index contributed by atoms with van der Waals surface area (Å²) in [5.74, 6) is -0.103. The van der Waals surface area contributed by atoms with E-state index in [1.807, 2.05) is 20.8 Å². The van der Waals surface area contributed by atoms with Crippen molar-refractivity contribution >= 4 is 5.97 Å². The fourth-order valence-electron chi connectivity index (χ4n) is 1.70. The average molecular weight is 269 g/mol. The van der Waals surface area contributed by atoms with E-state index in [0.29, 0.717) is 19.6 Å². The lowest BCUT2D eigenvalue weighted by Gasteiger charge is -2.16. The number of aryl methyl sites for hydroxylation is 1. The van der Waals surface area contributed by atoms with Gasteiger partial charge >= 0.3 is 5.97 Å². The number of carboxylic acid groups (broad SMARTS) is 1. The molecule has 0 saturated heterocycles. The Balaban J connectivity index is 2.45.